The summed E-state index contributed by atoms with van der Waals surface area (Å²) in [7, 11) is 0. The smallest absolute Gasteiger partial charge is 0.164 e. The Kier molecular flexibility index (Phi) is 8.42. The van der Waals surface area contributed by atoms with E-state index in [1.54, 1.807) is 0 Å². The second kappa shape index (κ2) is 14.7. The third-order valence-electron chi connectivity index (χ3n) is 12.0. The fourth-order valence-corrected chi connectivity index (χ4v) is 9.15. The third kappa shape index (κ3) is 5.90. The van der Waals surface area contributed by atoms with Crippen molar-refractivity contribution in [2.75, 3.05) is 0 Å². The summed E-state index contributed by atoms with van der Waals surface area (Å²) in [6.45, 7) is 0. The van der Waals surface area contributed by atoms with Crippen LogP contribution in [0, 0.1) is 0 Å². The lowest BCUT2D eigenvalue weighted by Crippen LogP contribution is -2.04. The Bertz CT molecular complexity index is 3570. The van der Waals surface area contributed by atoms with Crippen molar-refractivity contribution in [1.82, 2.24) is 24.1 Å². The van der Waals surface area contributed by atoms with Crippen LogP contribution in [0.15, 0.2) is 224 Å². The largest absolute Gasteiger partial charge is 0.307 e. The molecule has 0 atom stereocenters. The molecule has 0 aliphatic carbocycles. The van der Waals surface area contributed by atoms with Crippen LogP contribution >= 0.6 is 0 Å². The topological polar surface area (TPSA) is 48.5 Å². The highest BCUT2D eigenvalue weighted by molar-refractivity contribution is 6.15. The molecule has 62 heavy (non-hydrogen) atoms. The minimum atomic E-state index is 0.600. The van der Waals surface area contributed by atoms with Crippen molar-refractivity contribution in [2.45, 2.75) is 0 Å². The van der Waals surface area contributed by atoms with Crippen LogP contribution in [-0.4, -0.2) is 24.1 Å². The standard InChI is InChI=1S/C57H37N5/c1-4-18-38(19-5-1)41-24-16-25-42(36-41)56-58-55(40-22-8-3-9-23-40)59-57(60-56)43-34-35-44(39-20-6-2-7-21-39)53(37-43)62-51-32-15-12-28-47(51)48-29-17-33-52(54(48)62)61-49-30-13-10-26-45(49)46-27-11-14-31-50(46)61/h1-37H. The molecule has 5 heteroatoms. The summed E-state index contributed by atoms with van der Waals surface area (Å²) >= 11 is 0. The number of para-hydroxylation sites is 4. The molecule has 9 aromatic carbocycles. The van der Waals surface area contributed by atoms with Crippen LogP contribution in [0.2, 0.25) is 0 Å². The second-order valence-corrected chi connectivity index (χ2v) is 15.6. The molecule has 12 rings (SSSR count). The zero-order valence-electron chi connectivity index (χ0n) is 33.6. The van der Waals surface area contributed by atoms with Gasteiger partial charge in [0.25, 0.3) is 0 Å². The number of rotatable bonds is 7. The predicted molar refractivity (Wildman–Crippen MR) is 256 cm³/mol. The summed E-state index contributed by atoms with van der Waals surface area (Å²) in [5, 5.41) is 4.81. The average Bonchev–Trinajstić information content (AvgIpc) is 3.88. The molecule has 0 aliphatic rings. The Hall–Kier alpha value is -8.41. The molecule has 0 spiro atoms. The number of fused-ring (bicyclic) bond motifs is 6. The minimum Gasteiger partial charge on any atom is -0.307 e. The number of hydrogen-bond donors (Lipinski definition) is 0. The molecule has 0 saturated carbocycles. The van der Waals surface area contributed by atoms with Gasteiger partial charge in [-0.25, -0.2) is 15.0 Å². The van der Waals surface area contributed by atoms with Crippen LogP contribution in [0.1, 0.15) is 0 Å². The Morgan fingerprint density at radius 2 is 0.694 bits per heavy atom. The van der Waals surface area contributed by atoms with Gasteiger partial charge in [-0.1, -0.05) is 188 Å². The first kappa shape index (κ1) is 35.5. The van der Waals surface area contributed by atoms with Gasteiger partial charge >= 0.3 is 0 Å². The highest BCUT2D eigenvalue weighted by atomic mass is 15.1. The van der Waals surface area contributed by atoms with E-state index >= 15 is 0 Å². The maximum atomic E-state index is 5.27. The van der Waals surface area contributed by atoms with E-state index in [-0.39, 0.29) is 0 Å². The highest BCUT2D eigenvalue weighted by Gasteiger charge is 2.23. The van der Waals surface area contributed by atoms with Crippen LogP contribution in [-0.2, 0) is 0 Å². The van der Waals surface area contributed by atoms with E-state index < -0.39 is 0 Å². The van der Waals surface area contributed by atoms with Crippen LogP contribution in [0.3, 0.4) is 0 Å². The van der Waals surface area contributed by atoms with Gasteiger partial charge in [-0.3, -0.25) is 0 Å². The summed E-state index contributed by atoms with van der Waals surface area (Å²) in [4.78, 5) is 15.6. The molecule has 0 aliphatic heterocycles. The average molecular weight is 792 g/mol. The van der Waals surface area contributed by atoms with E-state index in [9.17, 15) is 0 Å². The zero-order chi connectivity index (χ0) is 41.0. The van der Waals surface area contributed by atoms with Crippen molar-refractivity contribution in [3.8, 4) is 67.8 Å². The maximum Gasteiger partial charge on any atom is 0.164 e. The molecule has 290 valence electrons. The van der Waals surface area contributed by atoms with Gasteiger partial charge in [0.2, 0.25) is 0 Å². The Morgan fingerprint density at radius 1 is 0.258 bits per heavy atom. The minimum absolute atomic E-state index is 0.600. The van der Waals surface area contributed by atoms with Gasteiger partial charge in [-0.2, -0.15) is 0 Å². The quantitative estimate of drug-likeness (QED) is 0.162. The number of nitrogens with zero attached hydrogens (tertiary/aromatic N) is 5. The van der Waals surface area contributed by atoms with Gasteiger partial charge in [0.15, 0.2) is 17.5 Å². The van der Waals surface area contributed by atoms with Crippen LogP contribution in [0.25, 0.3) is 111 Å². The summed E-state index contributed by atoms with van der Waals surface area (Å²) in [5.41, 5.74) is 13.9. The molecule has 0 unspecified atom stereocenters. The molecule has 0 N–H and O–H groups in total. The van der Waals surface area contributed by atoms with Gasteiger partial charge in [-0.05, 0) is 53.1 Å². The number of hydrogen-bond acceptors (Lipinski definition) is 3. The van der Waals surface area contributed by atoms with Gasteiger partial charge in [-0.15, -0.1) is 0 Å². The normalized spacial score (nSPS) is 11.5. The predicted octanol–water partition coefficient (Wildman–Crippen LogP) is 14.4. The molecule has 0 radical (unpaired) electrons. The van der Waals surface area contributed by atoms with Crippen molar-refractivity contribution in [3.63, 3.8) is 0 Å². The van der Waals surface area contributed by atoms with Crippen molar-refractivity contribution < 1.29 is 0 Å². The van der Waals surface area contributed by atoms with Gasteiger partial charge in [0.05, 0.1) is 33.4 Å². The first-order chi connectivity index (χ1) is 30.8. The lowest BCUT2D eigenvalue weighted by atomic mass is 10.0. The molecule has 0 saturated heterocycles. The van der Waals surface area contributed by atoms with E-state index in [2.05, 4.69) is 209 Å². The van der Waals surface area contributed by atoms with E-state index in [0.29, 0.717) is 17.5 Å². The highest BCUT2D eigenvalue weighted by Crippen LogP contribution is 2.42. The second-order valence-electron chi connectivity index (χ2n) is 15.6. The van der Waals surface area contributed by atoms with E-state index in [1.165, 1.54) is 21.5 Å². The van der Waals surface area contributed by atoms with Gasteiger partial charge in [0.1, 0.15) is 0 Å². The molecule has 12 aromatic rings. The SMILES string of the molecule is c1ccc(-c2cccc(-c3nc(-c4ccccc4)nc(-c4ccc(-c5ccccc5)c(-n5c6ccccc6c6cccc(-n7c8ccccc8c8ccccc87)c65)c4)n3)c2)cc1. The Labute approximate surface area is 358 Å². The van der Waals surface area contributed by atoms with Gasteiger partial charge in [0, 0.05) is 43.8 Å². The van der Waals surface area contributed by atoms with Crippen molar-refractivity contribution in [3.05, 3.63) is 224 Å². The lowest BCUT2D eigenvalue weighted by molar-refractivity contribution is 1.07. The Morgan fingerprint density at radius 3 is 1.32 bits per heavy atom. The fraction of sp³-hybridized carbons (Fsp3) is 0. The van der Waals surface area contributed by atoms with Crippen LogP contribution < -0.4 is 0 Å². The number of aromatic nitrogens is 5. The third-order valence-corrected chi connectivity index (χ3v) is 12.0. The summed E-state index contributed by atoms with van der Waals surface area (Å²) in [5.74, 6) is 1.84. The zero-order valence-corrected chi connectivity index (χ0v) is 33.6. The molecule has 3 heterocycles. The first-order valence-electron chi connectivity index (χ1n) is 21.0. The molecule has 0 amide bonds. The first-order valence-corrected chi connectivity index (χ1v) is 21.0. The Balaban J connectivity index is 1.14. The molecule has 0 fully saturated rings. The lowest BCUT2D eigenvalue weighted by Gasteiger charge is -2.18. The molecule has 0 bridgehead atoms. The van der Waals surface area contributed by atoms with Crippen molar-refractivity contribution in [1.29, 1.82) is 0 Å². The molecular weight excluding hydrogens is 755 g/mol. The summed E-state index contributed by atoms with van der Waals surface area (Å²) in [6, 6.07) is 79.3. The van der Waals surface area contributed by atoms with E-state index in [0.717, 1.165) is 72.4 Å². The monoisotopic (exact) mass is 791 g/mol. The van der Waals surface area contributed by atoms with Crippen LogP contribution in [0.5, 0.6) is 0 Å². The molecule has 3 aromatic heterocycles. The van der Waals surface area contributed by atoms with Crippen molar-refractivity contribution in [2.24, 2.45) is 0 Å². The number of benzene rings is 9. The van der Waals surface area contributed by atoms with Crippen LogP contribution in [0.4, 0.5) is 0 Å². The summed E-state index contributed by atoms with van der Waals surface area (Å²) in [6.07, 6.45) is 0. The van der Waals surface area contributed by atoms with Gasteiger partial charge < -0.3 is 9.13 Å². The molecular formula is C57H37N5. The summed E-state index contributed by atoms with van der Waals surface area (Å²) < 4.78 is 4.89. The van der Waals surface area contributed by atoms with E-state index in [1.807, 2.05) is 24.3 Å². The van der Waals surface area contributed by atoms with Crippen molar-refractivity contribution >= 4 is 43.6 Å². The van der Waals surface area contributed by atoms with E-state index in [4.69, 9.17) is 15.0 Å². The molecule has 5 nitrogen and oxygen atoms in total. The fourth-order valence-electron chi connectivity index (χ4n) is 9.15. The maximum absolute atomic E-state index is 5.27.